The molecule has 0 aliphatic heterocycles. The van der Waals surface area contributed by atoms with E-state index in [1.807, 2.05) is 20.8 Å². The summed E-state index contributed by atoms with van der Waals surface area (Å²) in [6.07, 6.45) is -2.88. The van der Waals surface area contributed by atoms with Gasteiger partial charge in [0.1, 0.15) is 0 Å². The predicted octanol–water partition coefficient (Wildman–Crippen LogP) is 4.68. The van der Waals surface area contributed by atoms with E-state index in [1.54, 1.807) is 6.21 Å². The number of hydrogen-bond donors (Lipinski definition) is 2. The van der Waals surface area contributed by atoms with E-state index in [1.165, 1.54) is 6.07 Å². The van der Waals surface area contributed by atoms with Gasteiger partial charge < -0.3 is 5.32 Å². The van der Waals surface area contributed by atoms with Crippen LogP contribution in [0.1, 0.15) is 26.3 Å². The molecule has 0 heterocycles. The van der Waals surface area contributed by atoms with Gasteiger partial charge in [0.2, 0.25) is 0 Å². The molecule has 3 nitrogen and oxygen atoms in total. The number of thiocarbonyl (C=S) groups is 1. The third-order valence-corrected chi connectivity index (χ3v) is 2.67. The van der Waals surface area contributed by atoms with E-state index in [2.05, 4.69) is 15.8 Å². The average Bonchev–Trinajstić information content (AvgIpc) is 2.28. The maximum absolute atomic E-state index is 12.7. The smallest absolute Gasteiger partial charge is 0.331 e. The molecule has 0 unspecified atom stereocenters. The Balaban J connectivity index is 2.76. The van der Waals surface area contributed by atoms with Crippen molar-refractivity contribution >= 4 is 40.8 Å². The summed E-state index contributed by atoms with van der Waals surface area (Å²) in [6, 6.07) is 3.45. The normalized spacial score (nSPS) is 12.5. The van der Waals surface area contributed by atoms with Crippen molar-refractivity contribution in [2.24, 2.45) is 10.5 Å². The number of nitrogens with one attached hydrogen (secondary N) is 2. The Kier molecular flexibility index (Phi) is 5.58. The summed E-state index contributed by atoms with van der Waals surface area (Å²) in [5, 5.41) is 6.24. The van der Waals surface area contributed by atoms with Crippen molar-refractivity contribution in [2.45, 2.75) is 26.9 Å². The van der Waals surface area contributed by atoms with Crippen LogP contribution in [0.25, 0.3) is 0 Å². The number of hydrazone groups is 1. The first kappa shape index (κ1) is 17.7. The molecule has 21 heavy (non-hydrogen) atoms. The van der Waals surface area contributed by atoms with Crippen LogP contribution < -0.4 is 10.7 Å². The van der Waals surface area contributed by atoms with Crippen LogP contribution in [-0.2, 0) is 6.18 Å². The van der Waals surface area contributed by atoms with Crippen molar-refractivity contribution < 1.29 is 13.2 Å². The number of nitrogens with zero attached hydrogens (tertiary/aromatic N) is 1. The van der Waals surface area contributed by atoms with E-state index in [0.717, 1.165) is 12.1 Å². The van der Waals surface area contributed by atoms with Crippen molar-refractivity contribution in [3.63, 3.8) is 0 Å². The molecule has 0 aliphatic carbocycles. The van der Waals surface area contributed by atoms with Gasteiger partial charge in [0.25, 0.3) is 0 Å². The van der Waals surface area contributed by atoms with E-state index in [0.29, 0.717) is 0 Å². The Morgan fingerprint density at radius 1 is 1.29 bits per heavy atom. The summed E-state index contributed by atoms with van der Waals surface area (Å²) in [7, 11) is 0. The Morgan fingerprint density at radius 3 is 2.43 bits per heavy atom. The van der Waals surface area contributed by atoms with Gasteiger partial charge in [-0.3, -0.25) is 5.43 Å². The zero-order valence-electron chi connectivity index (χ0n) is 11.7. The van der Waals surface area contributed by atoms with Crippen LogP contribution in [0.5, 0.6) is 0 Å². The minimum atomic E-state index is -4.52. The minimum Gasteiger partial charge on any atom is -0.331 e. The standard InChI is InChI=1S/C13H15ClF3N3S/c1-12(2,3)7-18-20-11(21)19-8-4-5-10(14)9(6-8)13(15,16)17/h4-7H,1-3H3,(H2,19,20,21)/b18-7+. The molecule has 0 saturated carbocycles. The molecule has 0 bridgehead atoms. The first-order valence-corrected chi connectivity index (χ1v) is 6.75. The van der Waals surface area contributed by atoms with Gasteiger partial charge in [0.15, 0.2) is 5.11 Å². The van der Waals surface area contributed by atoms with Crippen molar-refractivity contribution in [3.8, 4) is 0 Å². The van der Waals surface area contributed by atoms with Crippen LogP contribution in [-0.4, -0.2) is 11.3 Å². The minimum absolute atomic E-state index is 0.0888. The molecule has 1 aromatic carbocycles. The Morgan fingerprint density at radius 2 is 1.90 bits per heavy atom. The van der Waals surface area contributed by atoms with Gasteiger partial charge in [-0.2, -0.15) is 18.3 Å². The van der Waals surface area contributed by atoms with Crippen LogP contribution >= 0.6 is 23.8 Å². The van der Waals surface area contributed by atoms with Crippen LogP contribution in [0.2, 0.25) is 5.02 Å². The second-order valence-electron chi connectivity index (χ2n) is 5.38. The molecule has 0 fully saturated rings. The lowest BCUT2D eigenvalue weighted by Crippen LogP contribution is -2.25. The SMILES string of the molecule is CC(C)(C)/C=N/NC(=S)Nc1ccc(Cl)c(C(F)(F)F)c1. The van der Waals surface area contributed by atoms with Gasteiger partial charge in [-0.05, 0) is 35.8 Å². The molecule has 0 spiro atoms. The fraction of sp³-hybridized carbons (Fsp3) is 0.385. The van der Waals surface area contributed by atoms with Crippen molar-refractivity contribution in [2.75, 3.05) is 5.32 Å². The van der Waals surface area contributed by atoms with Crippen molar-refractivity contribution in [1.82, 2.24) is 5.43 Å². The van der Waals surface area contributed by atoms with Gasteiger partial charge in [0.05, 0.1) is 10.6 Å². The third-order valence-electron chi connectivity index (χ3n) is 2.15. The highest BCUT2D eigenvalue weighted by atomic mass is 35.5. The zero-order chi connectivity index (χ0) is 16.3. The van der Waals surface area contributed by atoms with E-state index < -0.39 is 11.7 Å². The number of rotatable bonds is 2. The van der Waals surface area contributed by atoms with Gasteiger partial charge in [-0.25, -0.2) is 0 Å². The highest BCUT2D eigenvalue weighted by Crippen LogP contribution is 2.36. The van der Waals surface area contributed by atoms with Crippen molar-refractivity contribution in [3.05, 3.63) is 28.8 Å². The number of anilines is 1. The Hall–Kier alpha value is -1.34. The average molecular weight is 338 g/mol. The van der Waals surface area contributed by atoms with E-state index in [-0.39, 0.29) is 21.2 Å². The quantitative estimate of drug-likeness (QED) is 0.467. The lowest BCUT2D eigenvalue weighted by Gasteiger charge is -2.13. The maximum atomic E-state index is 12.7. The Bertz CT molecular complexity index is 551. The van der Waals surface area contributed by atoms with Crippen LogP contribution in [0.15, 0.2) is 23.3 Å². The Labute approximate surface area is 131 Å². The summed E-state index contributed by atoms with van der Waals surface area (Å²) >= 11 is 10.5. The summed E-state index contributed by atoms with van der Waals surface area (Å²) in [6.45, 7) is 5.84. The fourth-order valence-electron chi connectivity index (χ4n) is 1.26. The van der Waals surface area contributed by atoms with E-state index >= 15 is 0 Å². The van der Waals surface area contributed by atoms with Gasteiger partial charge in [-0.1, -0.05) is 32.4 Å². The van der Waals surface area contributed by atoms with Gasteiger partial charge in [-0.15, -0.1) is 0 Å². The number of hydrogen-bond acceptors (Lipinski definition) is 2. The maximum Gasteiger partial charge on any atom is 0.417 e. The topological polar surface area (TPSA) is 36.4 Å². The predicted molar refractivity (Wildman–Crippen MR) is 83.8 cm³/mol. The van der Waals surface area contributed by atoms with Gasteiger partial charge >= 0.3 is 6.18 Å². The molecule has 0 aliphatic rings. The second kappa shape index (κ2) is 6.62. The van der Waals surface area contributed by atoms with E-state index in [4.69, 9.17) is 23.8 Å². The second-order valence-corrected chi connectivity index (χ2v) is 6.20. The number of alkyl halides is 3. The highest BCUT2D eigenvalue weighted by molar-refractivity contribution is 7.80. The molecule has 1 aromatic rings. The third kappa shape index (κ3) is 6.31. The molecule has 0 atom stereocenters. The first-order chi connectivity index (χ1) is 9.49. The summed E-state index contributed by atoms with van der Waals surface area (Å²) < 4.78 is 38.1. The lowest BCUT2D eigenvalue weighted by molar-refractivity contribution is -0.137. The number of benzene rings is 1. The molecule has 0 radical (unpaired) electrons. The van der Waals surface area contributed by atoms with Crippen LogP contribution in [0, 0.1) is 5.41 Å². The molecule has 8 heteroatoms. The molecule has 1 rings (SSSR count). The van der Waals surface area contributed by atoms with Crippen LogP contribution in [0.4, 0.5) is 18.9 Å². The van der Waals surface area contributed by atoms with Gasteiger partial charge in [0, 0.05) is 11.9 Å². The lowest BCUT2D eigenvalue weighted by atomic mass is 9.99. The zero-order valence-corrected chi connectivity index (χ0v) is 13.2. The molecule has 0 amide bonds. The monoisotopic (exact) mass is 337 g/mol. The summed E-state index contributed by atoms with van der Waals surface area (Å²) in [4.78, 5) is 0. The molecule has 0 aromatic heterocycles. The molecule has 116 valence electrons. The van der Waals surface area contributed by atoms with Crippen LogP contribution in [0.3, 0.4) is 0 Å². The summed E-state index contributed by atoms with van der Waals surface area (Å²) in [5.41, 5.74) is 1.66. The molecule has 2 N–H and O–H groups in total. The highest BCUT2D eigenvalue weighted by Gasteiger charge is 2.33. The molecular weight excluding hydrogens is 323 g/mol. The first-order valence-electron chi connectivity index (χ1n) is 5.97. The fourth-order valence-corrected chi connectivity index (χ4v) is 1.66. The van der Waals surface area contributed by atoms with Crippen molar-refractivity contribution in [1.29, 1.82) is 0 Å². The molecule has 0 saturated heterocycles. The molecular formula is C13H15ClF3N3S. The number of halogens is 4. The summed E-state index contributed by atoms with van der Waals surface area (Å²) in [5.74, 6) is 0. The largest absolute Gasteiger partial charge is 0.417 e. The van der Waals surface area contributed by atoms with E-state index in [9.17, 15) is 13.2 Å².